The number of amides is 1. The van der Waals surface area contributed by atoms with Crippen molar-refractivity contribution in [2.75, 3.05) is 19.6 Å². The Morgan fingerprint density at radius 2 is 1.71 bits per heavy atom. The van der Waals surface area contributed by atoms with Gasteiger partial charge in [-0.2, -0.15) is 5.10 Å². The van der Waals surface area contributed by atoms with E-state index in [-0.39, 0.29) is 27.8 Å². The number of nitrogens with zero attached hydrogens (tertiary/aromatic N) is 2. The lowest BCUT2D eigenvalue weighted by Gasteiger charge is -2.30. The minimum atomic E-state index is -3.88. The average molecular weight is 516 g/mol. The Morgan fingerprint density at radius 1 is 1.11 bits per heavy atom. The minimum absolute atomic E-state index is 0.0166. The third-order valence-electron chi connectivity index (χ3n) is 6.30. The Kier molecular flexibility index (Phi) is 7.91. The molecule has 3 aromatic rings. The van der Waals surface area contributed by atoms with Crippen molar-refractivity contribution in [2.24, 2.45) is 13.0 Å². The summed E-state index contributed by atoms with van der Waals surface area (Å²) in [4.78, 5) is 13.1. The molecule has 10 heteroatoms. The highest BCUT2D eigenvalue weighted by Gasteiger charge is 2.33. The average Bonchev–Trinajstić information content (AvgIpc) is 3.12. The molecule has 1 amide bonds. The van der Waals surface area contributed by atoms with Crippen LogP contribution in [-0.2, 0) is 21.9 Å². The first-order valence-electron chi connectivity index (χ1n) is 11.6. The molecule has 0 spiro atoms. The van der Waals surface area contributed by atoms with Gasteiger partial charge in [-0.1, -0.05) is 72.3 Å². The van der Waals surface area contributed by atoms with Crippen molar-refractivity contribution in [3.63, 3.8) is 0 Å². The first kappa shape index (κ1) is 25.4. The van der Waals surface area contributed by atoms with Gasteiger partial charge in [-0.05, 0) is 24.5 Å². The molecule has 2 atom stereocenters. The first-order valence-corrected chi connectivity index (χ1v) is 13.4. The fraction of sp³-hybridized carbons (Fsp3) is 0.360. The molecule has 8 nitrogen and oxygen atoms in total. The smallest absolute Gasteiger partial charge is 0.245 e. The molecule has 4 rings (SSSR count). The van der Waals surface area contributed by atoms with Crippen LogP contribution >= 0.6 is 11.6 Å². The second-order valence-electron chi connectivity index (χ2n) is 8.86. The Bertz CT molecular complexity index is 1230. The van der Waals surface area contributed by atoms with Crippen LogP contribution in [-0.4, -0.2) is 49.8 Å². The van der Waals surface area contributed by atoms with E-state index in [1.165, 1.54) is 4.68 Å². The maximum absolute atomic E-state index is 13.1. The molecule has 3 N–H and O–H groups in total. The number of halogens is 1. The molecule has 0 saturated carbocycles. The molecule has 35 heavy (non-hydrogen) atoms. The normalized spacial score (nSPS) is 18.5. The SMILES string of the molecule is Cc1nn(C)c(Cl)c1S(=O)(=O)N[C@H]1CNC[C@@H](C(=O)NCC(c2ccccc2)c2ccccc2)C1. The van der Waals surface area contributed by atoms with Gasteiger partial charge in [0.15, 0.2) is 0 Å². The number of carbonyl (C=O) groups excluding carboxylic acids is 1. The van der Waals surface area contributed by atoms with Crippen LogP contribution in [0.5, 0.6) is 0 Å². The highest BCUT2D eigenvalue weighted by atomic mass is 35.5. The molecular formula is C25H30ClN5O3S. The van der Waals surface area contributed by atoms with Crippen LogP contribution in [0.4, 0.5) is 0 Å². The maximum atomic E-state index is 13.1. The van der Waals surface area contributed by atoms with E-state index in [2.05, 4.69) is 44.7 Å². The molecule has 1 aromatic heterocycles. The van der Waals surface area contributed by atoms with Crippen LogP contribution in [0.15, 0.2) is 65.6 Å². The van der Waals surface area contributed by atoms with E-state index in [9.17, 15) is 13.2 Å². The predicted octanol–water partition coefficient (Wildman–Crippen LogP) is 2.59. The van der Waals surface area contributed by atoms with Gasteiger partial charge in [0.05, 0.1) is 11.6 Å². The van der Waals surface area contributed by atoms with Gasteiger partial charge in [0.1, 0.15) is 10.0 Å². The van der Waals surface area contributed by atoms with Crippen LogP contribution in [0, 0.1) is 12.8 Å². The molecule has 186 valence electrons. The summed E-state index contributed by atoms with van der Waals surface area (Å²) in [6, 6.07) is 19.7. The van der Waals surface area contributed by atoms with E-state index in [4.69, 9.17) is 11.6 Å². The number of aromatic nitrogens is 2. The van der Waals surface area contributed by atoms with Crippen molar-refractivity contribution < 1.29 is 13.2 Å². The second-order valence-corrected chi connectivity index (χ2v) is 10.9. The molecule has 1 aliphatic heterocycles. The number of nitrogens with one attached hydrogen (secondary N) is 3. The number of sulfonamides is 1. The molecule has 0 bridgehead atoms. The Labute approximate surface area is 211 Å². The summed E-state index contributed by atoms with van der Waals surface area (Å²) in [7, 11) is -2.29. The van der Waals surface area contributed by atoms with Crippen LogP contribution in [0.25, 0.3) is 0 Å². The molecule has 0 unspecified atom stereocenters. The lowest BCUT2D eigenvalue weighted by atomic mass is 9.90. The molecule has 0 radical (unpaired) electrons. The van der Waals surface area contributed by atoms with E-state index in [1.54, 1.807) is 14.0 Å². The molecule has 1 fully saturated rings. The van der Waals surface area contributed by atoms with Crippen molar-refractivity contribution >= 4 is 27.5 Å². The van der Waals surface area contributed by atoms with Gasteiger partial charge in [-0.25, -0.2) is 13.1 Å². The largest absolute Gasteiger partial charge is 0.355 e. The van der Waals surface area contributed by atoms with Crippen molar-refractivity contribution in [3.05, 3.63) is 82.6 Å². The Hall–Kier alpha value is -2.72. The summed E-state index contributed by atoms with van der Waals surface area (Å²) in [6.07, 6.45) is 0.385. The van der Waals surface area contributed by atoms with Gasteiger partial charge in [0, 0.05) is 38.6 Å². The van der Waals surface area contributed by atoms with Gasteiger partial charge >= 0.3 is 0 Å². The van der Waals surface area contributed by atoms with Gasteiger partial charge in [0.2, 0.25) is 15.9 Å². The predicted molar refractivity (Wildman–Crippen MR) is 136 cm³/mol. The third-order valence-corrected chi connectivity index (χ3v) is 8.51. The van der Waals surface area contributed by atoms with E-state index in [0.29, 0.717) is 31.7 Å². The topological polar surface area (TPSA) is 105 Å². The number of hydrogen-bond donors (Lipinski definition) is 3. The molecule has 2 aromatic carbocycles. The van der Waals surface area contributed by atoms with Crippen LogP contribution in [0.3, 0.4) is 0 Å². The molecule has 1 aliphatic rings. The number of hydrogen-bond acceptors (Lipinski definition) is 5. The summed E-state index contributed by atoms with van der Waals surface area (Å²) < 4.78 is 30.0. The van der Waals surface area contributed by atoms with E-state index in [1.807, 2.05) is 36.4 Å². The van der Waals surface area contributed by atoms with Gasteiger partial charge in [-0.15, -0.1) is 0 Å². The standard InChI is InChI=1S/C25H30ClN5O3S/c1-17-23(24(26)31(2)29-17)35(33,34)30-21-13-20(14-27-15-21)25(32)28-16-22(18-9-5-3-6-10-18)19-11-7-4-8-12-19/h3-12,20-22,27,30H,13-16H2,1-2H3,(H,28,32)/t20-,21+/m0/s1. The van der Waals surface area contributed by atoms with Gasteiger partial charge in [0.25, 0.3) is 0 Å². The second kappa shape index (κ2) is 10.9. The summed E-state index contributed by atoms with van der Waals surface area (Å²) in [5.74, 6) is -0.453. The van der Waals surface area contributed by atoms with E-state index in [0.717, 1.165) is 11.1 Å². The van der Waals surface area contributed by atoms with Gasteiger partial charge < -0.3 is 10.6 Å². The minimum Gasteiger partial charge on any atom is -0.355 e. The zero-order valence-corrected chi connectivity index (χ0v) is 21.3. The summed E-state index contributed by atoms with van der Waals surface area (Å²) in [5.41, 5.74) is 2.57. The number of piperidine rings is 1. The Morgan fingerprint density at radius 3 is 2.26 bits per heavy atom. The van der Waals surface area contributed by atoms with Crippen molar-refractivity contribution in [3.8, 4) is 0 Å². The lowest BCUT2D eigenvalue weighted by Crippen LogP contribution is -2.52. The quantitative estimate of drug-likeness (QED) is 0.427. The van der Waals surface area contributed by atoms with Gasteiger partial charge in [-0.3, -0.25) is 9.48 Å². The molecule has 0 aliphatic carbocycles. The highest BCUT2D eigenvalue weighted by Crippen LogP contribution is 2.26. The van der Waals surface area contributed by atoms with Crippen molar-refractivity contribution in [1.29, 1.82) is 0 Å². The third kappa shape index (κ3) is 5.92. The zero-order chi connectivity index (χ0) is 25.0. The highest BCUT2D eigenvalue weighted by molar-refractivity contribution is 7.89. The molecule has 2 heterocycles. The fourth-order valence-electron chi connectivity index (χ4n) is 4.57. The fourth-order valence-corrected chi connectivity index (χ4v) is 6.57. The summed E-state index contributed by atoms with van der Waals surface area (Å²) in [5, 5.41) is 10.4. The maximum Gasteiger partial charge on any atom is 0.245 e. The number of rotatable bonds is 8. The zero-order valence-electron chi connectivity index (χ0n) is 19.7. The van der Waals surface area contributed by atoms with E-state index < -0.39 is 16.1 Å². The summed E-state index contributed by atoms with van der Waals surface area (Å²) >= 11 is 6.17. The monoisotopic (exact) mass is 515 g/mol. The summed E-state index contributed by atoms with van der Waals surface area (Å²) in [6.45, 7) is 2.96. The van der Waals surface area contributed by atoms with E-state index >= 15 is 0 Å². The van der Waals surface area contributed by atoms with Crippen molar-refractivity contribution in [2.45, 2.75) is 30.2 Å². The van der Waals surface area contributed by atoms with Crippen molar-refractivity contribution in [1.82, 2.24) is 25.1 Å². The first-order chi connectivity index (χ1) is 16.8. The lowest BCUT2D eigenvalue weighted by molar-refractivity contribution is -0.125. The van der Waals surface area contributed by atoms with Crippen LogP contribution in [0.2, 0.25) is 5.15 Å². The van der Waals surface area contributed by atoms with Crippen LogP contribution in [0.1, 0.15) is 29.2 Å². The van der Waals surface area contributed by atoms with Crippen LogP contribution < -0.4 is 15.4 Å². The number of aryl methyl sites for hydroxylation is 2. The Balaban J connectivity index is 1.41. The molecule has 1 saturated heterocycles. The number of benzene rings is 2. The number of carbonyl (C=O) groups is 1. The molecular weight excluding hydrogens is 486 g/mol.